The third kappa shape index (κ3) is 4.11. The van der Waals surface area contributed by atoms with Gasteiger partial charge in [-0.25, -0.2) is 0 Å². The molecule has 0 fully saturated rings. The van der Waals surface area contributed by atoms with Crippen molar-refractivity contribution < 1.29 is 9.53 Å². The van der Waals surface area contributed by atoms with Gasteiger partial charge >= 0.3 is 0 Å². The van der Waals surface area contributed by atoms with E-state index in [-0.39, 0.29) is 5.91 Å². The molecule has 0 saturated carbocycles. The Morgan fingerprint density at radius 2 is 1.69 bits per heavy atom. The van der Waals surface area contributed by atoms with E-state index in [9.17, 15) is 4.79 Å². The minimum Gasteiger partial charge on any atom is -0.489 e. The largest absolute Gasteiger partial charge is 0.489 e. The fourth-order valence-electron chi connectivity index (χ4n) is 3.25. The van der Waals surface area contributed by atoms with Crippen LogP contribution >= 0.6 is 0 Å². The highest BCUT2D eigenvalue weighted by atomic mass is 16.5. The molecule has 4 nitrogen and oxygen atoms in total. The average Bonchev–Trinajstić information content (AvgIpc) is 3.02. The maximum atomic E-state index is 13.0. The van der Waals surface area contributed by atoms with E-state index in [1.807, 2.05) is 98.8 Å². The SMILES string of the molecule is CC1=NN(c2ccccc2C)C(=O)C1=Cc1cccc(OCc2ccccc2)c1. The van der Waals surface area contributed by atoms with Crippen LogP contribution in [-0.2, 0) is 11.4 Å². The molecule has 0 aromatic heterocycles. The van der Waals surface area contributed by atoms with E-state index in [0.29, 0.717) is 17.9 Å². The van der Waals surface area contributed by atoms with E-state index in [4.69, 9.17) is 4.74 Å². The standard InChI is InChI=1S/C25H22N2O2/c1-18-9-6-7-14-24(18)27-25(28)23(19(2)26-27)16-21-12-8-13-22(15-21)29-17-20-10-4-3-5-11-20/h3-16H,17H2,1-2H3. The zero-order valence-corrected chi connectivity index (χ0v) is 16.5. The number of aryl methyl sites for hydroxylation is 1. The summed E-state index contributed by atoms with van der Waals surface area (Å²) in [5.41, 5.74) is 5.12. The summed E-state index contributed by atoms with van der Waals surface area (Å²) in [6.45, 7) is 4.34. The number of hydrogen-bond donors (Lipinski definition) is 0. The van der Waals surface area contributed by atoms with E-state index in [1.54, 1.807) is 0 Å². The first kappa shape index (κ1) is 18.7. The zero-order chi connectivity index (χ0) is 20.2. The van der Waals surface area contributed by atoms with E-state index in [2.05, 4.69) is 5.10 Å². The lowest BCUT2D eigenvalue weighted by Gasteiger charge is -2.14. The number of hydrogen-bond acceptors (Lipinski definition) is 3. The third-order valence-corrected chi connectivity index (χ3v) is 4.82. The summed E-state index contributed by atoms with van der Waals surface area (Å²) in [6, 6.07) is 25.5. The van der Waals surface area contributed by atoms with Crippen molar-refractivity contribution in [2.45, 2.75) is 20.5 Å². The highest BCUT2D eigenvalue weighted by molar-refractivity contribution is 6.32. The third-order valence-electron chi connectivity index (χ3n) is 4.82. The number of amides is 1. The molecular formula is C25H22N2O2. The number of carbonyl (C=O) groups excluding carboxylic acids is 1. The lowest BCUT2D eigenvalue weighted by molar-refractivity contribution is -0.114. The average molecular weight is 382 g/mol. The Labute approximate surface area is 170 Å². The van der Waals surface area contributed by atoms with Gasteiger partial charge in [-0.2, -0.15) is 10.1 Å². The van der Waals surface area contributed by atoms with Gasteiger partial charge in [0.15, 0.2) is 0 Å². The molecule has 0 saturated heterocycles. The Balaban J connectivity index is 1.54. The topological polar surface area (TPSA) is 41.9 Å². The highest BCUT2D eigenvalue weighted by Crippen LogP contribution is 2.28. The Bertz CT molecular complexity index is 1100. The monoisotopic (exact) mass is 382 g/mol. The van der Waals surface area contributed by atoms with Crippen molar-refractivity contribution in [2.24, 2.45) is 5.10 Å². The lowest BCUT2D eigenvalue weighted by Crippen LogP contribution is -2.22. The Kier molecular flexibility index (Phi) is 5.25. The number of para-hydroxylation sites is 1. The van der Waals surface area contributed by atoms with Crippen molar-refractivity contribution in [1.82, 2.24) is 0 Å². The molecule has 0 spiro atoms. The maximum absolute atomic E-state index is 13.0. The van der Waals surface area contributed by atoms with Crippen LogP contribution in [0, 0.1) is 6.92 Å². The summed E-state index contributed by atoms with van der Waals surface area (Å²) in [6.07, 6.45) is 1.87. The molecule has 0 bridgehead atoms. The van der Waals surface area contributed by atoms with Gasteiger partial charge in [-0.15, -0.1) is 0 Å². The van der Waals surface area contributed by atoms with Gasteiger partial charge in [0.2, 0.25) is 0 Å². The van der Waals surface area contributed by atoms with Crippen LogP contribution in [0.3, 0.4) is 0 Å². The second-order valence-electron chi connectivity index (χ2n) is 6.99. The molecule has 0 unspecified atom stereocenters. The van der Waals surface area contributed by atoms with Crippen molar-refractivity contribution >= 4 is 23.4 Å². The van der Waals surface area contributed by atoms with Gasteiger partial charge in [-0.1, -0.05) is 60.7 Å². The minimum absolute atomic E-state index is 0.118. The van der Waals surface area contributed by atoms with Crippen LogP contribution in [0.4, 0.5) is 5.69 Å². The molecule has 144 valence electrons. The van der Waals surface area contributed by atoms with Crippen LogP contribution in [0.5, 0.6) is 5.75 Å². The molecule has 3 aromatic carbocycles. The van der Waals surface area contributed by atoms with Crippen LogP contribution in [0.1, 0.15) is 23.6 Å². The van der Waals surface area contributed by atoms with E-state index < -0.39 is 0 Å². The van der Waals surface area contributed by atoms with Crippen LogP contribution in [0.15, 0.2) is 89.5 Å². The lowest BCUT2D eigenvalue weighted by atomic mass is 10.1. The second kappa shape index (κ2) is 8.15. The highest BCUT2D eigenvalue weighted by Gasteiger charge is 2.29. The van der Waals surface area contributed by atoms with Gasteiger partial charge in [0.25, 0.3) is 5.91 Å². The van der Waals surface area contributed by atoms with E-state index in [0.717, 1.165) is 28.1 Å². The zero-order valence-electron chi connectivity index (χ0n) is 16.5. The van der Waals surface area contributed by atoms with E-state index >= 15 is 0 Å². The number of rotatable bonds is 5. The first-order valence-electron chi connectivity index (χ1n) is 9.56. The summed E-state index contributed by atoms with van der Waals surface area (Å²) in [5, 5.41) is 5.96. The molecular weight excluding hydrogens is 360 g/mol. The van der Waals surface area contributed by atoms with Crippen molar-refractivity contribution in [3.63, 3.8) is 0 Å². The number of nitrogens with zero attached hydrogens (tertiary/aromatic N) is 2. The fraction of sp³-hybridized carbons (Fsp3) is 0.120. The van der Waals surface area contributed by atoms with Gasteiger partial charge in [-0.05, 0) is 54.8 Å². The number of benzene rings is 3. The van der Waals surface area contributed by atoms with Crippen molar-refractivity contribution in [3.8, 4) is 5.75 Å². The summed E-state index contributed by atoms with van der Waals surface area (Å²) in [7, 11) is 0. The van der Waals surface area contributed by atoms with Crippen LogP contribution in [0.25, 0.3) is 6.08 Å². The Morgan fingerprint density at radius 1 is 0.931 bits per heavy atom. The molecule has 1 aliphatic rings. The summed E-state index contributed by atoms with van der Waals surface area (Å²) < 4.78 is 5.90. The Morgan fingerprint density at radius 3 is 2.48 bits per heavy atom. The molecule has 0 radical (unpaired) electrons. The first-order valence-corrected chi connectivity index (χ1v) is 9.56. The molecule has 0 aliphatic carbocycles. The van der Waals surface area contributed by atoms with Gasteiger partial charge in [-0.3, -0.25) is 4.79 Å². The maximum Gasteiger partial charge on any atom is 0.280 e. The van der Waals surface area contributed by atoms with Gasteiger partial charge in [0, 0.05) is 0 Å². The smallest absolute Gasteiger partial charge is 0.280 e. The predicted molar refractivity (Wildman–Crippen MR) is 117 cm³/mol. The molecule has 1 amide bonds. The van der Waals surface area contributed by atoms with E-state index in [1.165, 1.54) is 5.01 Å². The quantitative estimate of drug-likeness (QED) is 0.556. The number of ether oxygens (including phenoxy) is 1. The number of carbonyl (C=O) groups is 1. The van der Waals surface area contributed by atoms with Crippen LogP contribution < -0.4 is 9.75 Å². The first-order chi connectivity index (χ1) is 14.1. The molecule has 1 heterocycles. The molecule has 0 N–H and O–H groups in total. The summed E-state index contributed by atoms with van der Waals surface area (Å²) >= 11 is 0. The van der Waals surface area contributed by atoms with Crippen molar-refractivity contribution in [2.75, 3.05) is 5.01 Å². The molecule has 29 heavy (non-hydrogen) atoms. The van der Waals surface area contributed by atoms with Crippen LogP contribution in [0.2, 0.25) is 0 Å². The predicted octanol–water partition coefficient (Wildman–Crippen LogP) is 5.38. The van der Waals surface area contributed by atoms with Crippen molar-refractivity contribution in [3.05, 3.63) is 101 Å². The minimum atomic E-state index is -0.118. The Hall–Kier alpha value is -3.66. The fourth-order valence-corrected chi connectivity index (χ4v) is 3.25. The van der Waals surface area contributed by atoms with Gasteiger partial charge in [0.1, 0.15) is 12.4 Å². The van der Waals surface area contributed by atoms with Crippen LogP contribution in [-0.4, -0.2) is 11.6 Å². The number of anilines is 1. The molecule has 3 aromatic rings. The molecule has 1 aliphatic heterocycles. The van der Waals surface area contributed by atoms with Gasteiger partial charge in [0.05, 0.1) is 17.0 Å². The molecule has 0 atom stereocenters. The summed E-state index contributed by atoms with van der Waals surface area (Å²) in [4.78, 5) is 13.0. The summed E-state index contributed by atoms with van der Waals surface area (Å²) in [5.74, 6) is 0.645. The molecule has 4 heteroatoms. The van der Waals surface area contributed by atoms with Crippen molar-refractivity contribution in [1.29, 1.82) is 0 Å². The molecule has 4 rings (SSSR count). The second-order valence-corrected chi connectivity index (χ2v) is 6.99. The van der Waals surface area contributed by atoms with Gasteiger partial charge < -0.3 is 4.74 Å². The number of hydrazone groups is 1. The normalized spacial score (nSPS) is 15.0.